The van der Waals surface area contributed by atoms with Gasteiger partial charge in [0.05, 0.1) is 19.2 Å². The molecule has 0 atom stereocenters. The van der Waals surface area contributed by atoms with Crippen LogP contribution in [0.3, 0.4) is 0 Å². The van der Waals surface area contributed by atoms with Crippen molar-refractivity contribution in [2.45, 2.75) is 19.9 Å². The zero-order chi connectivity index (χ0) is 15.2. The van der Waals surface area contributed by atoms with Gasteiger partial charge in [-0.1, -0.05) is 11.3 Å². The number of aliphatic carboxylic acids is 1. The SMILES string of the molecule is CCN(CCC(=O)O)C(=O)c1cn(Cc2cccs2)nn1. The zero-order valence-electron chi connectivity index (χ0n) is 11.6. The van der Waals surface area contributed by atoms with Crippen LogP contribution in [-0.2, 0) is 11.3 Å². The van der Waals surface area contributed by atoms with Crippen molar-refractivity contribution in [1.82, 2.24) is 19.9 Å². The van der Waals surface area contributed by atoms with Gasteiger partial charge in [-0.05, 0) is 18.4 Å². The summed E-state index contributed by atoms with van der Waals surface area (Å²) >= 11 is 1.61. The maximum Gasteiger partial charge on any atom is 0.305 e. The van der Waals surface area contributed by atoms with Crippen LogP contribution in [0.1, 0.15) is 28.7 Å². The molecule has 0 saturated heterocycles. The molecule has 2 aromatic rings. The highest BCUT2D eigenvalue weighted by atomic mass is 32.1. The van der Waals surface area contributed by atoms with Gasteiger partial charge in [0, 0.05) is 18.0 Å². The van der Waals surface area contributed by atoms with Crippen LogP contribution in [0.2, 0.25) is 0 Å². The third-order valence-electron chi connectivity index (χ3n) is 2.92. The molecule has 0 spiro atoms. The Morgan fingerprint density at radius 2 is 2.29 bits per heavy atom. The van der Waals surface area contributed by atoms with Gasteiger partial charge in [0.25, 0.3) is 5.91 Å². The number of thiophene rings is 1. The summed E-state index contributed by atoms with van der Waals surface area (Å²) in [6, 6.07) is 3.94. The van der Waals surface area contributed by atoms with E-state index < -0.39 is 5.97 Å². The van der Waals surface area contributed by atoms with E-state index in [4.69, 9.17) is 5.11 Å². The van der Waals surface area contributed by atoms with E-state index in [-0.39, 0.29) is 24.6 Å². The standard InChI is InChI=1S/C13H16N4O3S/c1-2-16(6-5-12(18)19)13(20)11-9-17(15-14-11)8-10-4-3-7-21-10/h3-4,7,9H,2,5-6,8H2,1H3,(H,18,19). The molecule has 2 aromatic heterocycles. The lowest BCUT2D eigenvalue weighted by atomic mass is 10.3. The Hall–Kier alpha value is -2.22. The summed E-state index contributed by atoms with van der Waals surface area (Å²) in [5, 5.41) is 18.5. The van der Waals surface area contributed by atoms with Crippen molar-refractivity contribution in [3.63, 3.8) is 0 Å². The van der Waals surface area contributed by atoms with Crippen molar-refractivity contribution in [3.8, 4) is 0 Å². The number of carboxylic acid groups (broad SMARTS) is 1. The molecular formula is C13H16N4O3S. The molecule has 0 fully saturated rings. The second-order valence-electron chi connectivity index (χ2n) is 4.41. The van der Waals surface area contributed by atoms with Crippen LogP contribution in [0.25, 0.3) is 0 Å². The van der Waals surface area contributed by atoms with Gasteiger partial charge in [-0.25, -0.2) is 4.68 Å². The van der Waals surface area contributed by atoms with Crippen molar-refractivity contribution in [2.75, 3.05) is 13.1 Å². The number of amides is 1. The van der Waals surface area contributed by atoms with Crippen LogP contribution in [0.5, 0.6) is 0 Å². The first-order valence-corrected chi connectivity index (χ1v) is 7.41. The summed E-state index contributed by atoms with van der Waals surface area (Å²) in [4.78, 5) is 25.4. The molecule has 0 unspecified atom stereocenters. The molecule has 7 nitrogen and oxygen atoms in total. The van der Waals surface area contributed by atoms with Gasteiger partial charge in [0.2, 0.25) is 0 Å². The van der Waals surface area contributed by atoms with Crippen molar-refractivity contribution in [1.29, 1.82) is 0 Å². The minimum Gasteiger partial charge on any atom is -0.481 e. The molecule has 8 heteroatoms. The second kappa shape index (κ2) is 6.98. The molecule has 1 N–H and O–H groups in total. The van der Waals surface area contributed by atoms with Gasteiger partial charge < -0.3 is 10.0 Å². The molecule has 112 valence electrons. The van der Waals surface area contributed by atoms with Crippen LogP contribution >= 0.6 is 11.3 Å². The smallest absolute Gasteiger partial charge is 0.305 e. The molecule has 0 bridgehead atoms. The van der Waals surface area contributed by atoms with Gasteiger partial charge in [-0.15, -0.1) is 16.4 Å². The Bertz CT molecular complexity index is 609. The lowest BCUT2D eigenvalue weighted by Gasteiger charge is -2.18. The van der Waals surface area contributed by atoms with Gasteiger partial charge in [0.15, 0.2) is 5.69 Å². The molecule has 2 rings (SSSR count). The van der Waals surface area contributed by atoms with E-state index in [1.54, 1.807) is 29.1 Å². The summed E-state index contributed by atoms with van der Waals surface area (Å²) in [5.74, 6) is -1.22. The first kappa shape index (κ1) is 15.2. The van der Waals surface area contributed by atoms with Gasteiger partial charge in [-0.2, -0.15) is 0 Å². The predicted molar refractivity (Wildman–Crippen MR) is 77.3 cm³/mol. The van der Waals surface area contributed by atoms with E-state index in [1.165, 1.54) is 4.90 Å². The first-order valence-electron chi connectivity index (χ1n) is 6.53. The first-order chi connectivity index (χ1) is 10.1. The molecule has 2 heterocycles. The Balaban J connectivity index is 2.01. The van der Waals surface area contributed by atoms with Gasteiger partial charge in [0.1, 0.15) is 0 Å². The van der Waals surface area contributed by atoms with E-state index in [0.717, 1.165) is 4.88 Å². The fraction of sp³-hybridized carbons (Fsp3) is 0.385. The Kier molecular flexibility index (Phi) is 5.04. The lowest BCUT2D eigenvalue weighted by Crippen LogP contribution is -2.33. The maximum absolute atomic E-state index is 12.2. The largest absolute Gasteiger partial charge is 0.481 e. The van der Waals surface area contributed by atoms with Gasteiger partial charge >= 0.3 is 5.97 Å². The number of nitrogens with zero attached hydrogens (tertiary/aromatic N) is 4. The summed E-state index contributed by atoms with van der Waals surface area (Å²) in [6.07, 6.45) is 1.51. The maximum atomic E-state index is 12.2. The summed E-state index contributed by atoms with van der Waals surface area (Å²) in [6.45, 7) is 2.97. The number of carbonyl (C=O) groups is 2. The molecule has 0 saturated carbocycles. The normalized spacial score (nSPS) is 10.5. The van der Waals surface area contributed by atoms with Crippen LogP contribution in [0.15, 0.2) is 23.7 Å². The van der Waals surface area contributed by atoms with Crippen molar-refractivity contribution < 1.29 is 14.7 Å². The van der Waals surface area contributed by atoms with E-state index in [2.05, 4.69) is 10.3 Å². The molecule has 21 heavy (non-hydrogen) atoms. The molecule has 0 aromatic carbocycles. The lowest BCUT2D eigenvalue weighted by molar-refractivity contribution is -0.137. The van der Waals surface area contributed by atoms with Gasteiger partial charge in [-0.3, -0.25) is 9.59 Å². The summed E-state index contributed by atoms with van der Waals surface area (Å²) in [5.41, 5.74) is 0.235. The highest BCUT2D eigenvalue weighted by Gasteiger charge is 2.18. The topological polar surface area (TPSA) is 88.3 Å². The predicted octanol–water partition coefficient (Wildman–Crippen LogP) is 1.32. The average Bonchev–Trinajstić information content (AvgIpc) is 3.11. The summed E-state index contributed by atoms with van der Waals surface area (Å²) in [7, 11) is 0. The number of hydrogen-bond acceptors (Lipinski definition) is 5. The van der Waals surface area contributed by atoms with Crippen LogP contribution in [-0.4, -0.2) is 50.0 Å². The monoisotopic (exact) mass is 308 g/mol. The number of aromatic nitrogens is 3. The average molecular weight is 308 g/mol. The quantitative estimate of drug-likeness (QED) is 0.833. The number of carbonyl (C=O) groups excluding carboxylic acids is 1. The highest BCUT2D eigenvalue weighted by molar-refractivity contribution is 7.09. The van der Waals surface area contributed by atoms with E-state index >= 15 is 0 Å². The molecule has 0 radical (unpaired) electrons. The number of hydrogen-bond donors (Lipinski definition) is 1. The molecule has 1 amide bonds. The summed E-state index contributed by atoms with van der Waals surface area (Å²) < 4.78 is 1.60. The molecule has 0 aliphatic carbocycles. The Morgan fingerprint density at radius 3 is 2.90 bits per heavy atom. The van der Waals surface area contributed by atoms with Crippen LogP contribution in [0, 0.1) is 0 Å². The van der Waals surface area contributed by atoms with E-state index in [0.29, 0.717) is 13.1 Å². The number of rotatable bonds is 7. The van der Waals surface area contributed by atoms with Crippen LogP contribution in [0.4, 0.5) is 0 Å². The fourth-order valence-corrected chi connectivity index (χ4v) is 2.53. The van der Waals surface area contributed by atoms with Crippen LogP contribution < -0.4 is 0 Å². The van der Waals surface area contributed by atoms with Crippen molar-refractivity contribution in [2.24, 2.45) is 0 Å². The number of carboxylic acids is 1. The zero-order valence-corrected chi connectivity index (χ0v) is 12.4. The van der Waals surface area contributed by atoms with E-state index in [1.807, 2.05) is 17.5 Å². The molecule has 0 aliphatic heterocycles. The second-order valence-corrected chi connectivity index (χ2v) is 5.44. The minimum atomic E-state index is -0.928. The van der Waals surface area contributed by atoms with Crippen molar-refractivity contribution >= 4 is 23.2 Å². The Morgan fingerprint density at radius 1 is 1.48 bits per heavy atom. The molecular weight excluding hydrogens is 292 g/mol. The molecule has 0 aliphatic rings. The Labute approximate surface area is 125 Å². The minimum absolute atomic E-state index is 0.0804. The third-order valence-corrected chi connectivity index (χ3v) is 3.78. The fourth-order valence-electron chi connectivity index (χ4n) is 1.83. The van der Waals surface area contributed by atoms with Crippen molar-refractivity contribution in [3.05, 3.63) is 34.3 Å². The highest BCUT2D eigenvalue weighted by Crippen LogP contribution is 2.10. The third kappa shape index (κ3) is 4.12. The van der Waals surface area contributed by atoms with E-state index in [9.17, 15) is 9.59 Å².